The topological polar surface area (TPSA) is 65.5 Å². The summed E-state index contributed by atoms with van der Waals surface area (Å²) < 4.78 is 0. The van der Waals surface area contributed by atoms with Crippen LogP contribution >= 0.6 is 0 Å². The van der Waals surface area contributed by atoms with Crippen LogP contribution in [0.3, 0.4) is 0 Å². The summed E-state index contributed by atoms with van der Waals surface area (Å²) in [5.41, 5.74) is 2.03. The van der Waals surface area contributed by atoms with Crippen molar-refractivity contribution < 1.29 is 9.59 Å². The Labute approximate surface area is 159 Å². The van der Waals surface area contributed by atoms with Gasteiger partial charge in [-0.1, -0.05) is 12.1 Å². The average Bonchev–Trinajstić information content (AvgIpc) is 3.53. The molecule has 6 nitrogen and oxygen atoms in total. The number of carbonyl (C=O) groups excluding carboxylic acids is 2. The maximum absolute atomic E-state index is 12.6. The molecule has 1 N–H and O–H groups in total. The van der Waals surface area contributed by atoms with Crippen LogP contribution in [0.2, 0.25) is 0 Å². The molecule has 0 bridgehead atoms. The number of nitrogens with zero attached hydrogens (tertiary/aromatic N) is 3. The van der Waals surface area contributed by atoms with Crippen molar-refractivity contribution in [3.8, 4) is 0 Å². The Balaban J connectivity index is 1.33. The van der Waals surface area contributed by atoms with Gasteiger partial charge in [0.15, 0.2) is 0 Å². The van der Waals surface area contributed by atoms with Gasteiger partial charge < -0.3 is 15.1 Å². The first-order chi connectivity index (χ1) is 13.1. The number of likely N-dealkylation sites (tertiary alicyclic amines) is 1. The molecule has 4 rings (SSSR count). The minimum absolute atomic E-state index is 0.0391. The Bertz CT molecular complexity index is 849. The molecule has 0 radical (unpaired) electrons. The van der Waals surface area contributed by atoms with E-state index in [0.717, 1.165) is 48.7 Å². The Morgan fingerprint density at radius 2 is 2.11 bits per heavy atom. The van der Waals surface area contributed by atoms with Crippen molar-refractivity contribution in [1.29, 1.82) is 0 Å². The highest BCUT2D eigenvalue weighted by molar-refractivity contribution is 5.81. The molecule has 1 aliphatic carbocycles. The van der Waals surface area contributed by atoms with Gasteiger partial charge in [0.2, 0.25) is 5.91 Å². The molecule has 2 fully saturated rings. The lowest BCUT2D eigenvalue weighted by atomic mass is 10.1. The van der Waals surface area contributed by atoms with Crippen molar-refractivity contribution in [1.82, 2.24) is 20.1 Å². The normalized spacial score (nSPS) is 19.7. The molecule has 3 amide bonds. The molecule has 2 aromatic rings. The second kappa shape index (κ2) is 7.55. The zero-order chi connectivity index (χ0) is 18.8. The van der Waals surface area contributed by atoms with Crippen molar-refractivity contribution in [2.75, 3.05) is 20.1 Å². The van der Waals surface area contributed by atoms with E-state index in [0.29, 0.717) is 13.1 Å². The van der Waals surface area contributed by atoms with Crippen molar-refractivity contribution in [2.45, 2.75) is 38.3 Å². The minimum Gasteiger partial charge on any atom is -0.340 e. The molecule has 1 atom stereocenters. The van der Waals surface area contributed by atoms with Gasteiger partial charge in [-0.3, -0.25) is 9.78 Å². The summed E-state index contributed by atoms with van der Waals surface area (Å²) in [5, 5.41) is 4.18. The van der Waals surface area contributed by atoms with E-state index in [4.69, 9.17) is 0 Å². The van der Waals surface area contributed by atoms with E-state index in [2.05, 4.69) is 16.4 Å². The molecule has 6 heteroatoms. The molecule has 2 heterocycles. The highest BCUT2D eigenvalue weighted by atomic mass is 16.2. The van der Waals surface area contributed by atoms with Crippen LogP contribution in [0.25, 0.3) is 10.9 Å². The number of carbonyl (C=O) groups is 2. The summed E-state index contributed by atoms with van der Waals surface area (Å²) in [6, 6.07) is 9.96. The monoisotopic (exact) mass is 366 g/mol. The maximum atomic E-state index is 12.6. The second-order valence-corrected chi connectivity index (χ2v) is 7.73. The quantitative estimate of drug-likeness (QED) is 0.905. The fourth-order valence-electron chi connectivity index (χ4n) is 3.74. The van der Waals surface area contributed by atoms with Gasteiger partial charge in [0.1, 0.15) is 0 Å². The molecule has 1 aromatic carbocycles. The molecule has 1 aliphatic heterocycles. The number of amides is 3. The SMILES string of the molecule is CN(Cc1ccc2ncccc2c1)C(=O)N[C@H]1CCCN(C(=O)C2CC2)C1. The number of benzene rings is 1. The largest absolute Gasteiger partial charge is 0.340 e. The Hall–Kier alpha value is -2.63. The number of piperidine rings is 1. The van der Waals surface area contributed by atoms with Gasteiger partial charge in [-0.05, 0) is 49.4 Å². The van der Waals surface area contributed by atoms with Crippen LogP contribution in [-0.4, -0.2) is 52.9 Å². The Morgan fingerprint density at radius 1 is 1.26 bits per heavy atom. The van der Waals surface area contributed by atoms with E-state index < -0.39 is 0 Å². The molecule has 1 aromatic heterocycles. The fraction of sp³-hybridized carbons (Fsp3) is 0.476. The van der Waals surface area contributed by atoms with E-state index in [-0.39, 0.29) is 23.9 Å². The van der Waals surface area contributed by atoms with Gasteiger partial charge >= 0.3 is 6.03 Å². The summed E-state index contributed by atoms with van der Waals surface area (Å²) in [7, 11) is 1.80. The third kappa shape index (κ3) is 4.21. The van der Waals surface area contributed by atoms with Gasteiger partial charge in [0, 0.05) is 50.2 Å². The van der Waals surface area contributed by atoms with Crippen molar-refractivity contribution >= 4 is 22.8 Å². The van der Waals surface area contributed by atoms with Crippen molar-refractivity contribution in [2.24, 2.45) is 5.92 Å². The summed E-state index contributed by atoms with van der Waals surface area (Å²) in [4.78, 5) is 32.8. The zero-order valence-electron chi connectivity index (χ0n) is 15.7. The number of hydrogen-bond acceptors (Lipinski definition) is 3. The van der Waals surface area contributed by atoms with Crippen LogP contribution in [0.4, 0.5) is 4.79 Å². The lowest BCUT2D eigenvalue weighted by Crippen LogP contribution is -2.52. The predicted octanol–water partition coefficient (Wildman–Crippen LogP) is 2.78. The molecule has 1 saturated carbocycles. The lowest BCUT2D eigenvalue weighted by molar-refractivity contribution is -0.133. The first-order valence-corrected chi connectivity index (χ1v) is 9.74. The molecular weight excluding hydrogens is 340 g/mol. The minimum atomic E-state index is -0.0907. The number of nitrogens with one attached hydrogen (secondary N) is 1. The Morgan fingerprint density at radius 3 is 2.93 bits per heavy atom. The van der Waals surface area contributed by atoms with E-state index in [1.807, 2.05) is 29.2 Å². The van der Waals surface area contributed by atoms with Crippen LogP contribution in [0, 0.1) is 5.92 Å². The highest BCUT2D eigenvalue weighted by Gasteiger charge is 2.35. The number of fused-ring (bicyclic) bond motifs is 1. The van der Waals surface area contributed by atoms with Gasteiger partial charge in [-0.25, -0.2) is 4.79 Å². The number of aromatic nitrogens is 1. The molecule has 2 aliphatic rings. The van der Waals surface area contributed by atoms with Crippen molar-refractivity contribution in [3.63, 3.8) is 0 Å². The third-order valence-electron chi connectivity index (χ3n) is 5.42. The predicted molar refractivity (Wildman–Crippen MR) is 104 cm³/mol. The van der Waals surface area contributed by atoms with Crippen LogP contribution < -0.4 is 5.32 Å². The number of hydrogen-bond donors (Lipinski definition) is 1. The van der Waals surface area contributed by atoms with Crippen LogP contribution in [-0.2, 0) is 11.3 Å². The third-order valence-corrected chi connectivity index (χ3v) is 5.42. The first-order valence-electron chi connectivity index (χ1n) is 9.74. The number of rotatable bonds is 4. The van der Waals surface area contributed by atoms with E-state index in [1.54, 1.807) is 18.1 Å². The molecule has 0 unspecified atom stereocenters. The van der Waals surface area contributed by atoms with Crippen LogP contribution in [0.5, 0.6) is 0 Å². The molecule has 1 saturated heterocycles. The molecule has 142 valence electrons. The lowest BCUT2D eigenvalue weighted by Gasteiger charge is -2.34. The zero-order valence-corrected chi connectivity index (χ0v) is 15.7. The second-order valence-electron chi connectivity index (χ2n) is 7.73. The molecule has 27 heavy (non-hydrogen) atoms. The molecule has 0 spiro atoms. The van der Waals surface area contributed by atoms with Crippen molar-refractivity contribution in [3.05, 3.63) is 42.1 Å². The smallest absolute Gasteiger partial charge is 0.317 e. The van der Waals surface area contributed by atoms with E-state index in [1.165, 1.54) is 0 Å². The Kier molecular flexibility index (Phi) is 4.97. The van der Waals surface area contributed by atoms with Crippen LogP contribution in [0.15, 0.2) is 36.5 Å². The summed E-state index contributed by atoms with van der Waals surface area (Å²) in [6.45, 7) is 1.99. The maximum Gasteiger partial charge on any atom is 0.317 e. The van der Waals surface area contributed by atoms with Gasteiger partial charge in [-0.15, -0.1) is 0 Å². The highest BCUT2D eigenvalue weighted by Crippen LogP contribution is 2.31. The molecular formula is C21H26N4O2. The number of urea groups is 1. The van der Waals surface area contributed by atoms with Crippen LogP contribution in [0.1, 0.15) is 31.2 Å². The first kappa shape index (κ1) is 17.8. The van der Waals surface area contributed by atoms with Gasteiger partial charge in [0.05, 0.1) is 5.52 Å². The standard InChI is InChI=1S/C21H26N4O2/c1-24(13-15-6-9-19-17(12-15)4-2-10-22-19)21(27)23-18-5-3-11-25(14-18)20(26)16-7-8-16/h2,4,6,9-10,12,16,18H,3,5,7-8,11,13-14H2,1H3,(H,23,27)/t18-/m0/s1. The van der Waals surface area contributed by atoms with Gasteiger partial charge in [0.25, 0.3) is 0 Å². The fourth-order valence-corrected chi connectivity index (χ4v) is 3.74. The summed E-state index contributed by atoms with van der Waals surface area (Å²) in [5.74, 6) is 0.511. The summed E-state index contributed by atoms with van der Waals surface area (Å²) >= 11 is 0. The summed E-state index contributed by atoms with van der Waals surface area (Å²) in [6.07, 6.45) is 5.70. The number of pyridine rings is 1. The average molecular weight is 366 g/mol. The van der Waals surface area contributed by atoms with E-state index in [9.17, 15) is 9.59 Å². The van der Waals surface area contributed by atoms with E-state index >= 15 is 0 Å². The van der Waals surface area contributed by atoms with Gasteiger partial charge in [-0.2, -0.15) is 0 Å².